The Morgan fingerprint density at radius 1 is 1.15 bits per heavy atom. The molecule has 0 amide bonds. The molecule has 1 aliphatic carbocycles. The van der Waals surface area contributed by atoms with Crippen molar-refractivity contribution in [1.82, 2.24) is 4.90 Å². The molecule has 20 heavy (non-hydrogen) atoms. The van der Waals surface area contributed by atoms with Crippen LogP contribution in [0.2, 0.25) is 0 Å². The van der Waals surface area contributed by atoms with Crippen LogP contribution in [0.1, 0.15) is 64.7 Å². The molecular formula is C17H32N2O. The first-order valence-corrected chi connectivity index (χ1v) is 8.79. The molecule has 3 nitrogen and oxygen atoms in total. The predicted octanol–water partition coefficient (Wildman–Crippen LogP) is 2.52. The molecule has 0 bridgehead atoms. The zero-order valence-corrected chi connectivity index (χ0v) is 13.1. The fraction of sp³-hybridized carbons (Fsp3) is 1.00. The number of piperidine rings is 1. The van der Waals surface area contributed by atoms with Gasteiger partial charge in [0.25, 0.3) is 0 Å². The SMILES string of the molecule is CCC1CCC(CN)(C2(O)CCN3CCCC3C2)CC1. The van der Waals surface area contributed by atoms with Crippen LogP contribution in [0.5, 0.6) is 0 Å². The summed E-state index contributed by atoms with van der Waals surface area (Å²) in [7, 11) is 0. The molecule has 3 rings (SSSR count). The molecule has 2 saturated heterocycles. The van der Waals surface area contributed by atoms with Crippen LogP contribution in [-0.2, 0) is 0 Å². The van der Waals surface area contributed by atoms with E-state index in [4.69, 9.17) is 5.73 Å². The fourth-order valence-electron chi connectivity index (χ4n) is 5.22. The zero-order chi connectivity index (χ0) is 14.2. The van der Waals surface area contributed by atoms with Crippen LogP contribution in [0.15, 0.2) is 0 Å². The van der Waals surface area contributed by atoms with Gasteiger partial charge < -0.3 is 15.7 Å². The molecule has 0 aromatic rings. The van der Waals surface area contributed by atoms with Crippen LogP contribution in [0.4, 0.5) is 0 Å². The van der Waals surface area contributed by atoms with E-state index in [1.807, 2.05) is 0 Å². The lowest BCUT2D eigenvalue weighted by Gasteiger charge is -2.54. The number of aliphatic hydroxyl groups is 1. The molecule has 0 radical (unpaired) electrons. The van der Waals surface area contributed by atoms with Crippen molar-refractivity contribution in [2.24, 2.45) is 17.1 Å². The van der Waals surface area contributed by atoms with E-state index < -0.39 is 5.60 Å². The monoisotopic (exact) mass is 280 g/mol. The zero-order valence-electron chi connectivity index (χ0n) is 13.1. The molecule has 0 aromatic heterocycles. The molecular weight excluding hydrogens is 248 g/mol. The van der Waals surface area contributed by atoms with Gasteiger partial charge in [-0.25, -0.2) is 0 Å². The molecule has 0 aromatic carbocycles. The Morgan fingerprint density at radius 2 is 1.90 bits per heavy atom. The van der Waals surface area contributed by atoms with Gasteiger partial charge in [-0.3, -0.25) is 0 Å². The summed E-state index contributed by atoms with van der Waals surface area (Å²) in [6, 6.07) is 0.626. The van der Waals surface area contributed by atoms with Gasteiger partial charge in [-0.05, 0) is 63.8 Å². The van der Waals surface area contributed by atoms with Gasteiger partial charge in [0, 0.05) is 24.5 Å². The average molecular weight is 280 g/mol. The van der Waals surface area contributed by atoms with E-state index in [0.717, 1.165) is 38.1 Å². The molecule has 3 fully saturated rings. The predicted molar refractivity (Wildman–Crippen MR) is 82.5 cm³/mol. The highest BCUT2D eigenvalue weighted by molar-refractivity contribution is 5.07. The Hall–Kier alpha value is -0.120. The van der Waals surface area contributed by atoms with Crippen molar-refractivity contribution in [3.63, 3.8) is 0 Å². The van der Waals surface area contributed by atoms with Gasteiger partial charge in [0.2, 0.25) is 0 Å². The summed E-state index contributed by atoms with van der Waals surface area (Å²) in [5.41, 5.74) is 5.72. The molecule has 2 unspecified atom stereocenters. The van der Waals surface area contributed by atoms with Gasteiger partial charge in [0.1, 0.15) is 0 Å². The summed E-state index contributed by atoms with van der Waals surface area (Å²) in [5.74, 6) is 0.866. The minimum Gasteiger partial charge on any atom is -0.389 e. The standard InChI is InChI=1S/C17H32N2O/c1-2-14-5-7-16(13-18,8-6-14)17(20)9-11-19-10-3-4-15(19)12-17/h14-15,20H,2-13,18H2,1H3. The summed E-state index contributed by atoms with van der Waals surface area (Å²) in [6.07, 6.45) is 10.6. The third kappa shape index (κ3) is 2.32. The summed E-state index contributed by atoms with van der Waals surface area (Å²) < 4.78 is 0. The van der Waals surface area contributed by atoms with Crippen molar-refractivity contribution < 1.29 is 5.11 Å². The second kappa shape index (κ2) is 5.58. The van der Waals surface area contributed by atoms with Gasteiger partial charge in [-0.15, -0.1) is 0 Å². The number of nitrogens with two attached hydrogens (primary N) is 1. The topological polar surface area (TPSA) is 49.5 Å². The highest BCUT2D eigenvalue weighted by Crippen LogP contribution is 2.52. The van der Waals surface area contributed by atoms with Crippen molar-refractivity contribution in [2.75, 3.05) is 19.6 Å². The molecule has 2 atom stereocenters. The molecule has 3 aliphatic rings. The van der Waals surface area contributed by atoms with Gasteiger partial charge in [-0.2, -0.15) is 0 Å². The van der Waals surface area contributed by atoms with Gasteiger partial charge in [0.15, 0.2) is 0 Å². The normalized spacial score (nSPS) is 46.4. The van der Waals surface area contributed by atoms with E-state index >= 15 is 0 Å². The van der Waals surface area contributed by atoms with E-state index in [9.17, 15) is 5.11 Å². The van der Waals surface area contributed by atoms with E-state index in [0.29, 0.717) is 12.6 Å². The maximum atomic E-state index is 11.4. The van der Waals surface area contributed by atoms with E-state index in [2.05, 4.69) is 11.8 Å². The van der Waals surface area contributed by atoms with Gasteiger partial charge >= 0.3 is 0 Å². The third-order valence-electron chi connectivity index (χ3n) is 6.90. The molecule has 116 valence electrons. The minimum absolute atomic E-state index is 0.00729. The molecule has 3 N–H and O–H groups in total. The van der Waals surface area contributed by atoms with Crippen molar-refractivity contribution in [3.05, 3.63) is 0 Å². The Labute approximate surface area is 123 Å². The highest BCUT2D eigenvalue weighted by Gasteiger charge is 2.53. The van der Waals surface area contributed by atoms with Gasteiger partial charge in [-0.1, -0.05) is 13.3 Å². The van der Waals surface area contributed by atoms with Crippen molar-refractivity contribution in [1.29, 1.82) is 0 Å². The van der Waals surface area contributed by atoms with Crippen molar-refractivity contribution in [3.8, 4) is 0 Å². The third-order valence-corrected chi connectivity index (χ3v) is 6.90. The molecule has 2 heterocycles. The van der Waals surface area contributed by atoms with Crippen LogP contribution >= 0.6 is 0 Å². The number of nitrogens with zero attached hydrogens (tertiary/aromatic N) is 1. The Bertz CT molecular complexity index is 338. The quantitative estimate of drug-likeness (QED) is 0.835. The smallest absolute Gasteiger partial charge is 0.0742 e. The summed E-state index contributed by atoms with van der Waals surface area (Å²) in [4.78, 5) is 2.59. The van der Waals surface area contributed by atoms with Crippen LogP contribution in [0.25, 0.3) is 0 Å². The van der Waals surface area contributed by atoms with E-state index in [1.165, 1.54) is 38.6 Å². The lowest BCUT2D eigenvalue weighted by molar-refractivity contribution is -0.144. The fourth-order valence-corrected chi connectivity index (χ4v) is 5.22. The maximum Gasteiger partial charge on any atom is 0.0742 e. The number of rotatable bonds is 3. The largest absolute Gasteiger partial charge is 0.389 e. The molecule has 0 spiro atoms. The van der Waals surface area contributed by atoms with Crippen molar-refractivity contribution >= 4 is 0 Å². The van der Waals surface area contributed by atoms with Crippen LogP contribution in [-0.4, -0.2) is 41.3 Å². The summed E-state index contributed by atoms with van der Waals surface area (Å²) >= 11 is 0. The van der Waals surface area contributed by atoms with E-state index in [-0.39, 0.29) is 5.41 Å². The van der Waals surface area contributed by atoms with Crippen molar-refractivity contribution in [2.45, 2.75) is 76.4 Å². The Kier molecular flexibility index (Phi) is 4.13. The minimum atomic E-state index is -0.494. The lowest BCUT2D eigenvalue weighted by atomic mass is 9.57. The first kappa shape index (κ1) is 14.8. The second-order valence-corrected chi connectivity index (χ2v) is 7.65. The first-order chi connectivity index (χ1) is 9.62. The number of hydrogen-bond acceptors (Lipinski definition) is 3. The first-order valence-electron chi connectivity index (χ1n) is 8.79. The molecule has 1 saturated carbocycles. The second-order valence-electron chi connectivity index (χ2n) is 7.65. The summed E-state index contributed by atoms with van der Waals surface area (Å²) in [5, 5.41) is 11.4. The average Bonchev–Trinajstić information content (AvgIpc) is 2.94. The maximum absolute atomic E-state index is 11.4. The summed E-state index contributed by atoms with van der Waals surface area (Å²) in [6.45, 7) is 5.30. The Balaban J connectivity index is 1.74. The number of fused-ring (bicyclic) bond motifs is 1. The van der Waals surface area contributed by atoms with Gasteiger partial charge in [0.05, 0.1) is 5.60 Å². The lowest BCUT2D eigenvalue weighted by Crippen LogP contribution is -2.60. The number of hydrogen-bond donors (Lipinski definition) is 2. The van der Waals surface area contributed by atoms with E-state index in [1.54, 1.807) is 0 Å². The highest BCUT2D eigenvalue weighted by atomic mass is 16.3. The Morgan fingerprint density at radius 3 is 2.55 bits per heavy atom. The van der Waals surface area contributed by atoms with Crippen LogP contribution in [0.3, 0.4) is 0 Å². The van der Waals surface area contributed by atoms with Crippen LogP contribution < -0.4 is 5.73 Å². The molecule has 2 aliphatic heterocycles. The van der Waals surface area contributed by atoms with Crippen LogP contribution in [0, 0.1) is 11.3 Å². The molecule has 3 heteroatoms.